The maximum Gasteiger partial charge on any atom is 0.335 e. The van der Waals surface area contributed by atoms with Crippen molar-refractivity contribution in [3.05, 3.63) is 34.1 Å². The highest BCUT2D eigenvalue weighted by molar-refractivity contribution is 9.10. The molecule has 1 aromatic carbocycles. The number of benzene rings is 1. The van der Waals surface area contributed by atoms with Gasteiger partial charge in [0.15, 0.2) is 6.10 Å². The molecule has 0 bridgehead atoms. The summed E-state index contributed by atoms with van der Waals surface area (Å²) >= 11 is 3.09. The number of esters is 1. The predicted octanol–water partition coefficient (Wildman–Crippen LogP) is 3.22. The largest absolute Gasteiger partial charge is 0.459 e. The monoisotopic (exact) mass is 360 g/mol. The minimum absolute atomic E-state index is 0.0771. The average molecular weight is 361 g/mol. The van der Waals surface area contributed by atoms with E-state index in [1.54, 1.807) is 19.1 Å². The third kappa shape index (κ3) is 5.05. The van der Waals surface area contributed by atoms with Gasteiger partial charge in [0.25, 0.3) is 0 Å². The van der Waals surface area contributed by atoms with Crippen molar-refractivity contribution in [2.24, 2.45) is 0 Å². The lowest BCUT2D eigenvalue weighted by Gasteiger charge is -2.15. The van der Waals surface area contributed by atoms with Crippen molar-refractivity contribution in [1.82, 2.24) is 0 Å². The third-order valence-corrected chi connectivity index (χ3v) is 3.86. The summed E-state index contributed by atoms with van der Waals surface area (Å²) in [5.74, 6) is -0.785. The van der Waals surface area contributed by atoms with Gasteiger partial charge in [-0.15, -0.1) is 0 Å². The van der Waals surface area contributed by atoms with E-state index in [1.807, 2.05) is 0 Å². The Morgan fingerprint density at radius 1 is 1.57 bits per heavy atom. The van der Waals surface area contributed by atoms with Crippen LogP contribution in [-0.2, 0) is 25.6 Å². The van der Waals surface area contributed by atoms with Gasteiger partial charge >= 0.3 is 5.97 Å². The third-order valence-electron chi connectivity index (χ3n) is 3.25. The van der Waals surface area contributed by atoms with Crippen LogP contribution in [0, 0.1) is 5.82 Å². The van der Waals surface area contributed by atoms with Crippen LogP contribution in [0.2, 0.25) is 0 Å². The number of ether oxygens (including phenoxy) is 3. The Labute approximate surface area is 131 Å². The van der Waals surface area contributed by atoms with Gasteiger partial charge in [-0.2, -0.15) is 0 Å². The van der Waals surface area contributed by atoms with E-state index in [4.69, 9.17) is 14.2 Å². The molecule has 1 aliphatic heterocycles. The van der Waals surface area contributed by atoms with E-state index in [0.717, 1.165) is 19.4 Å². The molecule has 116 valence electrons. The molecule has 0 aliphatic carbocycles. The molecule has 21 heavy (non-hydrogen) atoms. The van der Waals surface area contributed by atoms with Crippen molar-refractivity contribution in [2.75, 3.05) is 13.2 Å². The summed E-state index contributed by atoms with van der Waals surface area (Å²) < 4.78 is 29.5. The second kappa shape index (κ2) is 7.87. The van der Waals surface area contributed by atoms with Crippen molar-refractivity contribution >= 4 is 21.9 Å². The Morgan fingerprint density at radius 3 is 3.05 bits per heavy atom. The molecule has 0 saturated carbocycles. The highest BCUT2D eigenvalue weighted by atomic mass is 79.9. The first kappa shape index (κ1) is 16.4. The molecular weight excluding hydrogens is 343 g/mol. The van der Waals surface area contributed by atoms with E-state index in [1.165, 1.54) is 6.07 Å². The minimum Gasteiger partial charge on any atom is -0.459 e. The van der Waals surface area contributed by atoms with E-state index in [0.29, 0.717) is 16.6 Å². The molecule has 1 aromatic rings. The molecule has 0 N–H and O–H groups in total. The van der Waals surface area contributed by atoms with Gasteiger partial charge in [0, 0.05) is 6.61 Å². The summed E-state index contributed by atoms with van der Waals surface area (Å²) in [4.78, 5) is 11.8. The SMILES string of the molecule is CC(OCC1CCCO1)C(=O)OCc1ccc(F)c(Br)c1. The molecule has 2 unspecified atom stereocenters. The lowest BCUT2D eigenvalue weighted by molar-refractivity contribution is -0.159. The van der Waals surface area contributed by atoms with E-state index < -0.39 is 12.1 Å². The highest BCUT2D eigenvalue weighted by Crippen LogP contribution is 2.18. The standard InChI is InChI=1S/C15H18BrFO4/c1-10(20-9-12-3-2-6-19-12)15(18)21-8-11-4-5-14(17)13(16)7-11/h4-5,7,10,12H,2-3,6,8-9H2,1H3. The zero-order valence-corrected chi connectivity index (χ0v) is 13.4. The van der Waals surface area contributed by atoms with Crippen molar-refractivity contribution in [1.29, 1.82) is 0 Å². The number of carbonyl (C=O) groups is 1. The molecule has 0 aromatic heterocycles. The maximum absolute atomic E-state index is 13.1. The molecule has 1 fully saturated rings. The van der Waals surface area contributed by atoms with Gasteiger partial charge in [-0.3, -0.25) is 0 Å². The number of halogens is 2. The van der Waals surface area contributed by atoms with Gasteiger partial charge in [0.05, 0.1) is 17.2 Å². The minimum atomic E-state index is -0.641. The summed E-state index contributed by atoms with van der Waals surface area (Å²) in [6.45, 7) is 2.90. The number of hydrogen-bond acceptors (Lipinski definition) is 4. The zero-order chi connectivity index (χ0) is 15.2. The van der Waals surface area contributed by atoms with E-state index in [9.17, 15) is 9.18 Å². The molecule has 1 heterocycles. The first-order chi connectivity index (χ1) is 10.1. The topological polar surface area (TPSA) is 44.8 Å². The Bertz CT molecular complexity index is 489. The molecule has 0 amide bonds. The van der Waals surface area contributed by atoms with Crippen LogP contribution in [0.15, 0.2) is 22.7 Å². The average Bonchev–Trinajstić information content (AvgIpc) is 2.99. The Kier molecular flexibility index (Phi) is 6.14. The van der Waals surface area contributed by atoms with Crippen LogP contribution in [0.1, 0.15) is 25.3 Å². The molecule has 2 rings (SSSR count). The first-order valence-electron chi connectivity index (χ1n) is 6.90. The smallest absolute Gasteiger partial charge is 0.335 e. The zero-order valence-electron chi connectivity index (χ0n) is 11.8. The summed E-state index contributed by atoms with van der Waals surface area (Å²) in [6.07, 6.45) is 1.43. The van der Waals surface area contributed by atoms with E-state index in [-0.39, 0.29) is 18.5 Å². The normalized spacial score (nSPS) is 19.5. The second-order valence-electron chi connectivity index (χ2n) is 4.97. The van der Waals surface area contributed by atoms with Crippen LogP contribution in [0.5, 0.6) is 0 Å². The van der Waals surface area contributed by atoms with Crippen LogP contribution >= 0.6 is 15.9 Å². The molecule has 4 nitrogen and oxygen atoms in total. The summed E-state index contributed by atoms with van der Waals surface area (Å²) in [6, 6.07) is 4.48. The summed E-state index contributed by atoms with van der Waals surface area (Å²) in [5, 5.41) is 0. The maximum atomic E-state index is 13.1. The Morgan fingerprint density at radius 2 is 2.38 bits per heavy atom. The number of hydrogen-bond donors (Lipinski definition) is 0. The Balaban J connectivity index is 1.73. The lowest BCUT2D eigenvalue weighted by atomic mass is 10.2. The second-order valence-corrected chi connectivity index (χ2v) is 5.82. The van der Waals surface area contributed by atoms with E-state index in [2.05, 4.69) is 15.9 Å². The van der Waals surface area contributed by atoms with Gasteiger partial charge < -0.3 is 14.2 Å². The van der Waals surface area contributed by atoms with Crippen molar-refractivity contribution in [2.45, 2.75) is 38.6 Å². The Hall–Kier alpha value is -0.980. The van der Waals surface area contributed by atoms with Crippen molar-refractivity contribution in [3.8, 4) is 0 Å². The number of rotatable bonds is 6. The lowest BCUT2D eigenvalue weighted by Crippen LogP contribution is -2.27. The molecule has 0 spiro atoms. The van der Waals surface area contributed by atoms with Crippen LogP contribution in [0.25, 0.3) is 0 Å². The van der Waals surface area contributed by atoms with E-state index >= 15 is 0 Å². The number of carbonyl (C=O) groups excluding carboxylic acids is 1. The molecular formula is C15H18BrFO4. The van der Waals surface area contributed by atoms with Crippen LogP contribution in [0.4, 0.5) is 4.39 Å². The van der Waals surface area contributed by atoms with Crippen LogP contribution in [-0.4, -0.2) is 31.4 Å². The first-order valence-corrected chi connectivity index (χ1v) is 7.69. The molecule has 6 heteroatoms. The molecule has 0 radical (unpaired) electrons. The fraction of sp³-hybridized carbons (Fsp3) is 0.533. The van der Waals surface area contributed by atoms with Crippen LogP contribution < -0.4 is 0 Å². The quantitative estimate of drug-likeness (QED) is 0.730. The van der Waals surface area contributed by atoms with Crippen molar-refractivity contribution < 1.29 is 23.4 Å². The molecule has 1 aliphatic rings. The fourth-order valence-corrected chi connectivity index (χ4v) is 2.42. The summed E-state index contributed by atoms with van der Waals surface area (Å²) in [7, 11) is 0. The fourth-order valence-electron chi connectivity index (χ4n) is 2.00. The van der Waals surface area contributed by atoms with Gasteiger partial charge in [0.2, 0.25) is 0 Å². The van der Waals surface area contributed by atoms with Crippen LogP contribution in [0.3, 0.4) is 0 Å². The molecule has 2 atom stereocenters. The molecule has 1 saturated heterocycles. The summed E-state index contributed by atoms with van der Waals surface area (Å²) in [5.41, 5.74) is 0.711. The van der Waals surface area contributed by atoms with Gasteiger partial charge in [-0.25, -0.2) is 9.18 Å². The van der Waals surface area contributed by atoms with Crippen molar-refractivity contribution in [3.63, 3.8) is 0 Å². The van der Waals surface area contributed by atoms with Gasteiger partial charge in [-0.05, 0) is 53.4 Å². The van der Waals surface area contributed by atoms with Gasteiger partial charge in [-0.1, -0.05) is 6.07 Å². The highest BCUT2D eigenvalue weighted by Gasteiger charge is 2.20. The van der Waals surface area contributed by atoms with Gasteiger partial charge in [0.1, 0.15) is 12.4 Å². The predicted molar refractivity (Wildman–Crippen MR) is 78.3 cm³/mol.